The summed E-state index contributed by atoms with van der Waals surface area (Å²) in [5, 5.41) is 15.0. The van der Waals surface area contributed by atoms with Crippen molar-refractivity contribution in [3.05, 3.63) is 74.3 Å². The standard InChI is InChI=1S/C18H18ClN3O3.ClH/c1-12-7-14(10-16(8-12)22(24)25)18(23)21-6-5-20-11-17(21)13-3-2-4-15(19)9-13;/h2-4,7-10,17,20H,5-6,11H2,1H3;1H. The Morgan fingerprint density at radius 2 is 2.08 bits per heavy atom. The Morgan fingerprint density at radius 3 is 2.77 bits per heavy atom. The van der Waals surface area contributed by atoms with Gasteiger partial charge in [-0.2, -0.15) is 0 Å². The lowest BCUT2D eigenvalue weighted by Gasteiger charge is -2.36. The average molecular weight is 396 g/mol. The molecule has 1 amide bonds. The minimum absolute atomic E-state index is 0. The van der Waals surface area contributed by atoms with Gasteiger partial charge in [0.05, 0.1) is 11.0 Å². The first-order valence-electron chi connectivity index (χ1n) is 7.99. The number of halogens is 2. The Bertz CT molecular complexity index is 829. The van der Waals surface area contributed by atoms with E-state index in [1.165, 1.54) is 12.1 Å². The number of aryl methyl sites for hydroxylation is 1. The van der Waals surface area contributed by atoms with Gasteiger partial charge in [-0.15, -0.1) is 12.4 Å². The lowest BCUT2D eigenvalue weighted by atomic mass is 10.0. The third-order valence-electron chi connectivity index (χ3n) is 4.26. The third-order valence-corrected chi connectivity index (χ3v) is 4.49. The smallest absolute Gasteiger partial charge is 0.270 e. The monoisotopic (exact) mass is 395 g/mol. The zero-order valence-electron chi connectivity index (χ0n) is 14.1. The molecule has 1 N–H and O–H groups in total. The first-order chi connectivity index (χ1) is 12.0. The second kappa shape index (κ2) is 8.49. The molecule has 6 nitrogen and oxygen atoms in total. The van der Waals surface area contributed by atoms with Crippen molar-refractivity contribution in [1.82, 2.24) is 10.2 Å². The Hall–Kier alpha value is -2.15. The van der Waals surface area contributed by atoms with Crippen molar-refractivity contribution in [2.24, 2.45) is 0 Å². The summed E-state index contributed by atoms with van der Waals surface area (Å²) in [6, 6.07) is 11.7. The largest absolute Gasteiger partial charge is 0.329 e. The highest BCUT2D eigenvalue weighted by atomic mass is 35.5. The summed E-state index contributed by atoms with van der Waals surface area (Å²) in [7, 11) is 0. The van der Waals surface area contributed by atoms with Crippen LogP contribution in [0.3, 0.4) is 0 Å². The van der Waals surface area contributed by atoms with Gasteiger partial charge in [0.2, 0.25) is 0 Å². The van der Waals surface area contributed by atoms with Crippen molar-refractivity contribution in [3.8, 4) is 0 Å². The number of carbonyl (C=O) groups is 1. The molecule has 0 saturated carbocycles. The highest BCUT2D eigenvalue weighted by molar-refractivity contribution is 6.30. The molecule has 2 aromatic carbocycles. The number of nitrogens with zero attached hydrogens (tertiary/aromatic N) is 2. The van der Waals surface area contributed by atoms with Crippen LogP contribution in [0.1, 0.15) is 27.5 Å². The number of nitrogens with one attached hydrogen (secondary N) is 1. The molecular weight excluding hydrogens is 377 g/mol. The van der Waals surface area contributed by atoms with E-state index < -0.39 is 4.92 Å². The molecule has 1 saturated heterocycles. The van der Waals surface area contributed by atoms with Crippen molar-refractivity contribution in [3.63, 3.8) is 0 Å². The summed E-state index contributed by atoms with van der Waals surface area (Å²) in [6.45, 7) is 3.56. The van der Waals surface area contributed by atoms with Gasteiger partial charge in [0.25, 0.3) is 11.6 Å². The number of hydrogen-bond acceptors (Lipinski definition) is 4. The highest BCUT2D eigenvalue weighted by Crippen LogP contribution is 2.27. The molecule has 1 fully saturated rings. The van der Waals surface area contributed by atoms with Crippen LogP contribution < -0.4 is 5.32 Å². The predicted molar refractivity (Wildman–Crippen MR) is 103 cm³/mol. The third kappa shape index (κ3) is 4.33. The summed E-state index contributed by atoms with van der Waals surface area (Å²) in [5.41, 5.74) is 1.89. The number of non-ortho nitro benzene ring substituents is 1. The van der Waals surface area contributed by atoms with Gasteiger partial charge < -0.3 is 10.2 Å². The van der Waals surface area contributed by atoms with E-state index in [4.69, 9.17) is 11.6 Å². The van der Waals surface area contributed by atoms with Crippen molar-refractivity contribution >= 4 is 35.6 Å². The fourth-order valence-electron chi connectivity index (χ4n) is 3.12. The van der Waals surface area contributed by atoms with Gasteiger partial charge >= 0.3 is 0 Å². The van der Waals surface area contributed by atoms with Crippen molar-refractivity contribution in [2.75, 3.05) is 19.6 Å². The molecule has 2 aromatic rings. The number of benzene rings is 2. The van der Waals surface area contributed by atoms with Gasteiger partial charge in [0.1, 0.15) is 0 Å². The lowest BCUT2D eigenvalue weighted by molar-refractivity contribution is -0.384. The summed E-state index contributed by atoms with van der Waals surface area (Å²) < 4.78 is 0. The van der Waals surface area contributed by atoms with E-state index in [0.29, 0.717) is 35.8 Å². The molecule has 8 heteroatoms. The molecule has 3 rings (SSSR count). The van der Waals surface area contributed by atoms with Gasteiger partial charge in [-0.25, -0.2) is 0 Å². The van der Waals surface area contributed by atoms with Crippen molar-refractivity contribution < 1.29 is 9.72 Å². The molecule has 0 bridgehead atoms. The Labute approximate surface area is 162 Å². The predicted octanol–water partition coefficient (Wildman–Crippen LogP) is 3.77. The van der Waals surface area contributed by atoms with Gasteiger partial charge in [-0.3, -0.25) is 14.9 Å². The molecule has 0 aliphatic carbocycles. The minimum Gasteiger partial charge on any atom is -0.329 e. The van der Waals surface area contributed by atoms with Crippen LogP contribution in [0, 0.1) is 17.0 Å². The first kappa shape index (κ1) is 20.2. The normalized spacial score (nSPS) is 16.7. The number of nitro groups is 1. The maximum atomic E-state index is 13.0. The van der Waals surface area contributed by atoms with Gasteiger partial charge in [-0.05, 0) is 36.2 Å². The van der Waals surface area contributed by atoms with E-state index >= 15 is 0 Å². The van der Waals surface area contributed by atoms with Crippen LogP contribution in [0.5, 0.6) is 0 Å². The Balaban J connectivity index is 0.00000243. The number of amides is 1. The molecule has 1 aliphatic heterocycles. The number of piperazine rings is 1. The Morgan fingerprint density at radius 1 is 1.31 bits per heavy atom. The fraction of sp³-hybridized carbons (Fsp3) is 0.278. The number of hydrogen-bond donors (Lipinski definition) is 1. The SMILES string of the molecule is Cc1cc(C(=O)N2CCNCC2c2cccc(Cl)c2)cc([N+](=O)[O-])c1.Cl. The van der Waals surface area contributed by atoms with Gasteiger partial charge in [-0.1, -0.05) is 23.7 Å². The lowest BCUT2D eigenvalue weighted by Crippen LogP contribution is -2.48. The van der Waals surface area contributed by atoms with Crippen LogP contribution in [-0.2, 0) is 0 Å². The van der Waals surface area contributed by atoms with Gasteiger partial charge in [0, 0.05) is 42.4 Å². The van der Waals surface area contributed by atoms with Crippen molar-refractivity contribution in [2.45, 2.75) is 13.0 Å². The zero-order chi connectivity index (χ0) is 18.0. The van der Waals surface area contributed by atoms with Crippen LogP contribution in [0.4, 0.5) is 5.69 Å². The molecule has 0 aromatic heterocycles. The van der Waals surface area contributed by atoms with Crippen LogP contribution in [-0.4, -0.2) is 35.4 Å². The van der Waals surface area contributed by atoms with Crippen LogP contribution in [0.2, 0.25) is 5.02 Å². The number of carbonyl (C=O) groups excluding carboxylic acids is 1. The molecule has 26 heavy (non-hydrogen) atoms. The van der Waals surface area contributed by atoms with Crippen LogP contribution in [0.25, 0.3) is 0 Å². The fourth-order valence-corrected chi connectivity index (χ4v) is 3.32. The Kier molecular flexibility index (Phi) is 6.58. The van der Waals surface area contributed by atoms with E-state index in [1.54, 1.807) is 24.0 Å². The summed E-state index contributed by atoms with van der Waals surface area (Å²) >= 11 is 6.09. The van der Waals surface area contributed by atoms with E-state index in [-0.39, 0.29) is 30.0 Å². The second-order valence-electron chi connectivity index (χ2n) is 6.09. The zero-order valence-corrected chi connectivity index (χ0v) is 15.7. The maximum Gasteiger partial charge on any atom is 0.270 e. The molecule has 1 aliphatic rings. The number of nitro benzene ring substituents is 1. The first-order valence-corrected chi connectivity index (χ1v) is 8.37. The molecule has 138 valence electrons. The molecule has 1 unspecified atom stereocenters. The van der Waals surface area contributed by atoms with Crippen molar-refractivity contribution in [1.29, 1.82) is 0 Å². The summed E-state index contributed by atoms with van der Waals surface area (Å²) in [6.07, 6.45) is 0. The number of rotatable bonds is 3. The molecule has 1 atom stereocenters. The van der Waals surface area contributed by atoms with E-state index in [0.717, 1.165) is 5.56 Å². The average Bonchev–Trinajstić information content (AvgIpc) is 2.60. The second-order valence-corrected chi connectivity index (χ2v) is 6.52. The van der Waals surface area contributed by atoms with E-state index in [9.17, 15) is 14.9 Å². The van der Waals surface area contributed by atoms with Crippen LogP contribution in [0.15, 0.2) is 42.5 Å². The van der Waals surface area contributed by atoms with Gasteiger partial charge in [0.15, 0.2) is 0 Å². The topological polar surface area (TPSA) is 75.5 Å². The van der Waals surface area contributed by atoms with Crippen LogP contribution >= 0.6 is 24.0 Å². The summed E-state index contributed by atoms with van der Waals surface area (Å²) in [4.78, 5) is 25.4. The quantitative estimate of drug-likeness (QED) is 0.633. The molecule has 1 heterocycles. The molecular formula is C18H19Cl2N3O3. The van der Waals surface area contributed by atoms with E-state index in [2.05, 4.69) is 5.32 Å². The summed E-state index contributed by atoms with van der Waals surface area (Å²) in [5.74, 6) is -0.210. The highest BCUT2D eigenvalue weighted by Gasteiger charge is 2.29. The minimum atomic E-state index is -0.476. The molecule has 0 radical (unpaired) electrons. The van der Waals surface area contributed by atoms with E-state index in [1.807, 2.05) is 18.2 Å². The maximum absolute atomic E-state index is 13.0. The molecule has 0 spiro atoms.